The molecule has 17 heavy (non-hydrogen) atoms. The minimum atomic E-state index is 0.300. The zero-order valence-corrected chi connectivity index (χ0v) is 10.9. The van der Waals surface area contributed by atoms with Crippen LogP contribution in [0.3, 0.4) is 0 Å². The first kappa shape index (κ1) is 13.9. The van der Waals surface area contributed by atoms with Crippen molar-refractivity contribution in [2.75, 3.05) is 6.54 Å². The number of Topliss-reactive ketones (excluding diaryl/α,β-unsaturated/α-hetero) is 1. The predicted octanol–water partition coefficient (Wildman–Crippen LogP) is 1.69. The summed E-state index contributed by atoms with van der Waals surface area (Å²) >= 11 is 0. The number of aryl methyl sites for hydroxylation is 1. The highest BCUT2D eigenvalue weighted by Gasteiger charge is 2.10. The molecule has 0 radical (unpaired) electrons. The van der Waals surface area contributed by atoms with Crippen molar-refractivity contribution in [2.45, 2.75) is 39.0 Å². The van der Waals surface area contributed by atoms with E-state index in [0.717, 1.165) is 31.4 Å². The highest BCUT2D eigenvalue weighted by atomic mass is 16.1. The van der Waals surface area contributed by atoms with Gasteiger partial charge < -0.3 is 5.73 Å². The van der Waals surface area contributed by atoms with Crippen LogP contribution in [-0.2, 0) is 18.3 Å². The molecule has 4 heteroatoms. The summed E-state index contributed by atoms with van der Waals surface area (Å²) in [5.41, 5.74) is 6.55. The van der Waals surface area contributed by atoms with Gasteiger partial charge in [0.25, 0.3) is 0 Å². The molecule has 1 unspecified atom stereocenters. The number of ketones is 1. The van der Waals surface area contributed by atoms with Gasteiger partial charge >= 0.3 is 0 Å². The van der Waals surface area contributed by atoms with Gasteiger partial charge in [-0.05, 0) is 30.9 Å². The van der Waals surface area contributed by atoms with Crippen LogP contribution in [-0.4, -0.2) is 22.1 Å². The summed E-state index contributed by atoms with van der Waals surface area (Å²) in [5.74, 6) is 0.895. The van der Waals surface area contributed by atoms with E-state index < -0.39 is 0 Å². The van der Waals surface area contributed by atoms with Crippen molar-refractivity contribution in [3.63, 3.8) is 0 Å². The maximum Gasteiger partial charge on any atom is 0.137 e. The molecule has 96 valence electrons. The minimum Gasteiger partial charge on any atom is -0.330 e. The van der Waals surface area contributed by atoms with Gasteiger partial charge in [-0.1, -0.05) is 13.3 Å². The second-order valence-corrected chi connectivity index (χ2v) is 4.63. The standard InChI is InChI=1S/C13H23N3O/c1-3-11(6-7-14)4-5-13(17)8-12-9-15-16(2)10-12/h9-11H,3-8,14H2,1-2H3. The van der Waals surface area contributed by atoms with Gasteiger partial charge in [0.05, 0.1) is 6.20 Å². The van der Waals surface area contributed by atoms with Gasteiger partial charge in [-0.25, -0.2) is 0 Å². The van der Waals surface area contributed by atoms with Crippen molar-refractivity contribution >= 4 is 5.78 Å². The number of aromatic nitrogens is 2. The number of hydrogen-bond acceptors (Lipinski definition) is 3. The summed E-state index contributed by atoms with van der Waals surface area (Å²) < 4.78 is 1.73. The maximum absolute atomic E-state index is 11.8. The van der Waals surface area contributed by atoms with E-state index in [-0.39, 0.29) is 0 Å². The average Bonchev–Trinajstić information content (AvgIpc) is 2.70. The van der Waals surface area contributed by atoms with Gasteiger partial charge in [0.1, 0.15) is 5.78 Å². The molecule has 1 aromatic rings. The minimum absolute atomic E-state index is 0.300. The molecule has 1 heterocycles. The topological polar surface area (TPSA) is 60.9 Å². The average molecular weight is 237 g/mol. The van der Waals surface area contributed by atoms with Crippen LogP contribution < -0.4 is 5.73 Å². The number of carbonyl (C=O) groups excluding carboxylic acids is 1. The van der Waals surface area contributed by atoms with E-state index in [2.05, 4.69) is 12.0 Å². The monoisotopic (exact) mass is 237 g/mol. The summed E-state index contributed by atoms with van der Waals surface area (Å²) in [6.45, 7) is 2.88. The number of nitrogens with two attached hydrogens (primary N) is 1. The van der Waals surface area contributed by atoms with Crippen molar-refractivity contribution < 1.29 is 4.79 Å². The van der Waals surface area contributed by atoms with Crippen LogP contribution in [0.25, 0.3) is 0 Å². The molecule has 0 spiro atoms. The number of rotatable bonds is 8. The third kappa shape index (κ3) is 5.13. The fraction of sp³-hybridized carbons (Fsp3) is 0.692. The van der Waals surface area contributed by atoms with Gasteiger partial charge in [-0.3, -0.25) is 9.48 Å². The van der Waals surface area contributed by atoms with Crippen molar-refractivity contribution in [2.24, 2.45) is 18.7 Å². The first-order valence-corrected chi connectivity index (χ1v) is 6.35. The lowest BCUT2D eigenvalue weighted by atomic mass is 9.94. The Bertz CT molecular complexity index is 346. The highest BCUT2D eigenvalue weighted by molar-refractivity contribution is 5.80. The number of carbonyl (C=O) groups is 1. The molecule has 0 amide bonds. The zero-order valence-electron chi connectivity index (χ0n) is 10.9. The Hall–Kier alpha value is -1.16. The van der Waals surface area contributed by atoms with E-state index in [1.165, 1.54) is 0 Å². The van der Waals surface area contributed by atoms with Gasteiger partial charge in [0, 0.05) is 26.1 Å². The molecule has 0 aromatic carbocycles. The highest BCUT2D eigenvalue weighted by Crippen LogP contribution is 2.15. The molecule has 0 saturated heterocycles. The summed E-state index contributed by atoms with van der Waals surface area (Å²) in [4.78, 5) is 11.8. The van der Waals surface area contributed by atoms with Crippen LogP contribution >= 0.6 is 0 Å². The lowest BCUT2D eigenvalue weighted by molar-refractivity contribution is -0.118. The largest absolute Gasteiger partial charge is 0.330 e. The van der Waals surface area contributed by atoms with E-state index >= 15 is 0 Å². The molecule has 0 fully saturated rings. The molecule has 1 aromatic heterocycles. The second kappa shape index (κ2) is 7.22. The Morgan fingerprint density at radius 2 is 2.29 bits per heavy atom. The predicted molar refractivity (Wildman–Crippen MR) is 68.6 cm³/mol. The summed E-state index contributed by atoms with van der Waals surface area (Å²) in [6, 6.07) is 0. The van der Waals surface area contributed by atoms with E-state index in [1.54, 1.807) is 10.9 Å². The third-order valence-corrected chi connectivity index (χ3v) is 3.14. The smallest absolute Gasteiger partial charge is 0.137 e. The molecule has 0 bridgehead atoms. The third-order valence-electron chi connectivity index (χ3n) is 3.14. The summed E-state index contributed by atoms with van der Waals surface area (Å²) in [5, 5.41) is 4.06. The first-order valence-electron chi connectivity index (χ1n) is 6.35. The fourth-order valence-electron chi connectivity index (χ4n) is 2.03. The molecule has 0 aliphatic carbocycles. The Morgan fingerprint density at radius 1 is 1.53 bits per heavy atom. The molecule has 1 atom stereocenters. The molecular formula is C13H23N3O. The Balaban J connectivity index is 2.29. The molecule has 0 saturated carbocycles. The van der Waals surface area contributed by atoms with Crippen molar-refractivity contribution in [3.05, 3.63) is 18.0 Å². The molecule has 4 nitrogen and oxygen atoms in total. The lowest BCUT2D eigenvalue weighted by Crippen LogP contribution is -2.11. The molecule has 1 rings (SSSR count). The first-order chi connectivity index (χ1) is 8.15. The van der Waals surface area contributed by atoms with E-state index in [1.807, 2.05) is 13.2 Å². The molecule has 0 aliphatic rings. The van der Waals surface area contributed by atoms with Crippen LogP contribution in [0.2, 0.25) is 0 Å². The number of hydrogen-bond donors (Lipinski definition) is 1. The number of nitrogens with zero attached hydrogens (tertiary/aromatic N) is 2. The van der Waals surface area contributed by atoms with Crippen LogP contribution in [0.4, 0.5) is 0 Å². The van der Waals surface area contributed by atoms with Gasteiger partial charge in [0.2, 0.25) is 0 Å². The SMILES string of the molecule is CCC(CCN)CCC(=O)Cc1cnn(C)c1. The maximum atomic E-state index is 11.8. The van der Waals surface area contributed by atoms with Gasteiger partial charge in [-0.2, -0.15) is 5.10 Å². The molecule has 2 N–H and O–H groups in total. The molecular weight excluding hydrogens is 214 g/mol. The lowest BCUT2D eigenvalue weighted by Gasteiger charge is -2.12. The van der Waals surface area contributed by atoms with E-state index in [4.69, 9.17) is 5.73 Å². The van der Waals surface area contributed by atoms with Gasteiger partial charge in [0.15, 0.2) is 0 Å². The van der Waals surface area contributed by atoms with Crippen LogP contribution in [0, 0.1) is 5.92 Å². The van der Waals surface area contributed by atoms with Crippen molar-refractivity contribution in [1.82, 2.24) is 9.78 Å². The Labute approximate surface area is 103 Å². The Kier molecular flexibility index (Phi) is 5.91. The summed E-state index contributed by atoms with van der Waals surface area (Å²) in [7, 11) is 1.86. The van der Waals surface area contributed by atoms with Crippen LogP contribution in [0.5, 0.6) is 0 Å². The molecule has 0 aliphatic heterocycles. The fourth-order valence-corrected chi connectivity index (χ4v) is 2.03. The van der Waals surface area contributed by atoms with Gasteiger partial charge in [-0.15, -0.1) is 0 Å². The van der Waals surface area contributed by atoms with Crippen LogP contribution in [0.1, 0.15) is 38.2 Å². The van der Waals surface area contributed by atoms with E-state index in [9.17, 15) is 4.79 Å². The Morgan fingerprint density at radius 3 is 2.82 bits per heavy atom. The summed E-state index contributed by atoms with van der Waals surface area (Å²) in [6.07, 6.45) is 7.92. The zero-order chi connectivity index (χ0) is 12.7. The normalized spacial score (nSPS) is 12.6. The van der Waals surface area contributed by atoms with Crippen molar-refractivity contribution in [1.29, 1.82) is 0 Å². The van der Waals surface area contributed by atoms with Crippen molar-refractivity contribution in [3.8, 4) is 0 Å². The second-order valence-electron chi connectivity index (χ2n) is 4.63. The van der Waals surface area contributed by atoms with Crippen LogP contribution in [0.15, 0.2) is 12.4 Å². The van der Waals surface area contributed by atoms with E-state index in [0.29, 0.717) is 24.5 Å². The quantitative estimate of drug-likeness (QED) is 0.748.